The second-order valence-electron chi connectivity index (χ2n) is 4.98. The molecule has 19 heavy (non-hydrogen) atoms. The largest absolute Gasteiger partial charge is 0.385 e. The maximum absolute atomic E-state index is 13.2. The third-order valence-electron chi connectivity index (χ3n) is 3.47. The molecule has 2 amide bonds. The summed E-state index contributed by atoms with van der Waals surface area (Å²) in [6.07, 6.45) is 2.28. The summed E-state index contributed by atoms with van der Waals surface area (Å²) in [5.41, 5.74) is 6.64. The Morgan fingerprint density at radius 1 is 1.47 bits per heavy atom. The lowest BCUT2D eigenvalue weighted by Crippen LogP contribution is -2.35. The normalized spacial score (nSPS) is 22.8. The van der Waals surface area contributed by atoms with Crippen LogP contribution < -0.4 is 5.73 Å². The molecule has 0 saturated heterocycles. The van der Waals surface area contributed by atoms with Crippen LogP contribution in [0.3, 0.4) is 0 Å². The van der Waals surface area contributed by atoms with E-state index in [-0.39, 0.29) is 23.7 Å². The summed E-state index contributed by atoms with van der Waals surface area (Å²) in [6, 6.07) is 3.70. The average Bonchev–Trinajstić information content (AvgIpc) is 3.09. The Labute approximate surface area is 118 Å². The van der Waals surface area contributed by atoms with E-state index in [4.69, 9.17) is 5.73 Å². The van der Waals surface area contributed by atoms with Crippen molar-refractivity contribution in [3.63, 3.8) is 0 Å². The highest BCUT2D eigenvalue weighted by molar-refractivity contribution is 9.10. The van der Waals surface area contributed by atoms with E-state index in [2.05, 4.69) is 20.9 Å². The monoisotopic (exact) mass is 325 g/mol. The van der Waals surface area contributed by atoms with Gasteiger partial charge in [0.05, 0.1) is 0 Å². The van der Waals surface area contributed by atoms with E-state index in [1.165, 1.54) is 12.1 Å². The van der Waals surface area contributed by atoms with Crippen LogP contribution >= 0.6 is 15.9 Å². The van der Waals surface area contributed by atoms with Crippen molar-refractivity contribution in [2.75, 3.05) is 6.54 Å². The molecule has 0 spiro atoms. The summed E-state index contributed by atoms with van der Waals surface area (Å²) < 4.78 is 13.8. The number of halogens is 2. The average molecular weight is 326 g/mol. The molecule has 0 bridgehead atoms. The molecule has 6 heteroatoms. The van der Waals surface area contributed by atoms with Crippen LogP contribution in [0.5, 0.6) is 0 Å². The number of benzene rings is 1. The van der Waals surface area contributed by atoms with Gasteiger partial charge in [-0.1, -0.05) is 22.0 Å². The molecular weight excluding hydrogens is 313 g/mol. The van der Waals surface area contributed by atoms with Gasteiger partial charge in [-0.25, -0.2) is 9.18 Å². The lowest BCUT2D eigenvalue weighted by atomic mass is 10.0. The number of nitrogens with two attached hydrogens (primary N) is 1. The molecule has 100 valence electrons. The predicted molar refractivity (Wildman–Crippen MR) is 73.3 cm³/mol. The number of urea groups is 1. The number of amidine groups is 1. The Kier molecular flexibility index (Phi) is 3.05. The van der Waals surface area contributed by atoms with E-state index in [1.807, 2.05) is 0 Å². The maximum Gasteiger partial charge on any atom is 0.346 e. The van der Waals surface area contributed by atoms with E-state index >= 15 is 0 Å². The molecule has 1 aromatic carbocycles. The van der Waals surface area contributed by atoms with Crippen LogP contribution in [0, 0.1) is 11.7 Å². The minimum atomic E-state index is -0.386. The van der Waals surface area contributed by atoms with Crippen molar-refractivity contribution in [2.24, 2.45) is 16.6 Å². The van der Waals surface area contributed by atoms with E-state index in [9.17, 15) is 9.18 Å². The van der Waals surface area contributed by atoms with Gasteiger partial charge in [0, 0.05) is 11.0 Å². The van der Waals surface area contributed by atoms with Crippen molar-refractivity contribution in [3.05, 3.63) is 34.1 Å². The van der Waals surface area contributed by atoms with Crippen LogP contribution in [0.4, 0.5) is 9.18 Å². The van der Waals surface area contributed by atoms with Gasteiger partial charge in [0.1, 0.15) is 17.7 Å². The number of hydrogen-bond acceptors (Lipinski definition) is 2. The molecule has 1 unspecified atom stereocenters. The molecule has 1 aliphatic carbocycles. The Balaban J connectivity index is 1.95. The fourth-order valence-electron chi connectivity index (χ4n) is 2.32. The first-order valence-corrected chi connectivity index (χ1v) is 6.95. The van der Waals surface area contributed by atoms with Crippen LogP contribution in [-0.4, -0.2) is 23.3 Å². The van der Waals surface area contributed by atoms with Gasteiger partial charge in [0.15, 0.2) is 0 Å². The number of nitrogens with zero attached hydrogens (tertiary/aromatic N) is 2. The number of amides is 2. The van der Waals surface area contributed by atoms with Crippen LogP contribution in [0.1, 0.15) is 24.4 Å². The van der Waals surface area contributed by atoms with Crippen LogP contribution in [0.2, 0.25) is 0 Å². The van der Waals surface area contributed by atoms with Gasteiger partial charge in [0.2, 0.25) is 0 Å². The standard InChI is InChI=1S/C13H13BrFN3O/c14-10-5-8(15)3-4-9(10)11-12(16)17-13(19)18(11)6-7-1-2-7/h3-5,7,11H,1-2,6H2,(H2,16,17,19). The van der Waals surface area contributed by atoms with Crippen molar-refractivity contribution in [1.29, 1.82) is 0 Å². The molecule has 0 radical (unpaired) electrons. The summed E-state index contributed by atoms with van der Waals surface area (Å²) in [4.78, 5) is 17.4. The van der Waals surface area contributed by atoms with Gasteiger partial charge < -0.3 is 10.6 Å². The molecule has 1 saturated carbocycles. The zero-order valence-electron chi connectivity index (χ0n) is 10.1. The number of aliphatic imine (C=N–C) groups is 1. The molecular formula is C13H13BrFN3O. The molecule has 1 heterocycles. The minimum absolute atomic E-state index is 0.276. The highest BCUT2D eigenvalue weighted by Gasteiger charge is 2.38. The first kappa shape index (κ1) is 12.6. The van der Waals surface area contributed by atoms with Gasteiger partial charge in [-0.3, -0.25) is 0 Å². The van der Waals surface area contributed by atoms with Crippen molar-refractivity contribution in [1.82, 2.24) is 4.90 Å². The Morgan fingerprint density at radius 3 is 2.84 bits per heavy atom. The summed E-state index contributed by atoms with van der Waals surface area (Å²) in [5, 5.41) is 0. The summed E-state index contributed by atoms with van der Waals surface area (Å²) in [7, 11) is 0. The van der Waals surface area contributed by atoms with Crippen LogP contribution in [0.15, 0.2) is 27.7 Å². The predicted octanol–water partition coefficient (Wildman–Crippen LogP) is 2.83. The number of carbonyl (C=O) groups excluding carboxylic acids is 1. The van der Waals surface area contributed by atoms with Gasteiger partial charge >= 0.3 is 6.03 Å². The maximum atomic E-state index is 13.2. The third kappa shape index (κ3) is 2.36. The molecule has 1 aliphatic heterocycles. The van der Waals surface area contributed by atoms with E-state index in [0.717, 1.165) is 18.4 Å². The van der Waals surface area contributed by atoms with E-state index in [0.29, 0.717) is 16.9 Å². The summed E-state index contributed by atoms with van der Waals surface area (Å²) in [6.45, 7) is 0.664. The van der Waals surface area contributed by atoms with Gasteiger partial charge in [0.25, 0.3) is 0 Å². The topological polar surface area (TPSA) is 58.7 Å². The zero-order valence-corrected chi connectivity index (χ0v) is 11.7. The van der Waals surface area contributed by atoms with Crippen molar-refractivity contribution in [2.45, 2.75) is 18.9 Å². The fourth-order valence-corrected chi connectivity index (χ4v) is 2.89. The third-order valence-corrected chi connectivity index (χ3v) is 4.16. The van der Waals surface area contributed by atoms with Crippen LogP contribution in [-0.2, 0) is 0 Å². The Hall–Kier alpha value is -1.43. The molecule has 2 N–H and O–H groups in total. The molecule has 0 aromatic heterocycles. The lowest BCUT2D eigenvalue weighted by Gasteiger charge is -2.25. The second-order valence-corrected chi connectivity index (χ2v) is 5.84. The Morgan fingerprint density at radius 2 is 2.21 bits per heavy atom. The van der Waals surface area contributed by atoms with Gasteiger partial charge in [-0.15, -0.1) is 0 Å². The first-order valence-electron chi connectivity index (χ1n) is 6.16. The van der Waals surface area contributed by atoms with Crippen molar-refractivity contribution < 1.29 is 9.18 Å². The summed E-state index contributed by atoms with van der Waals surface area (Å²) in [5.74, 6) is 0.494. The van der Waals surface area contributed by atoms with Crippen molar-refractivity contribution >= 4 is 27.8 Å². The molecule has 4 nitrogen and oxygen atoms in total. The van der Waals surface area contributed by atoms with Gasteiger partial charge in [-0.2, -0.15) is 4.99 Å². The molecule has 1 aromatic rings. The van der Waals surface area contributed by atoms with Gasteiger partial charge in [-0.05, 0) is 36.5 Å². The zero-order chi connectivity index (χ0) is 13.6. The molecule has 2 aliphatic rings. The minimum Gasteiger partial charge on any atom is -0.385 e. The quantitative estimate of drug-likeness (QED) is 0.928. The number of rotatable bonds is 3. The lowest BCUT2D eigenvalue weighted by molar-refractivity contribution is 0.203. The highest BCUT2D eigenvalue weighted by atomic mass is 79.9. The smallest absolute Gasteiger partial charge is 0.346 e. The Bertz CT molecular complexity index is 571. The fraction of sp³-hybridized carbons (Fsp3) is 0.385. The summed E-state index contributed by atoms with van der Waals surface area (Å²) >= 11 is 3.33. The van der Waals surface area contributed by atoms with E-state index in [1.54, 1.807) is 11.0 Å². The van der Waals surface area contributed by atoms with Crippen LogP contribution in [0.25, 0.3) is 0 Å². The first-order chi connectivity index (χ1) is 9.06. The van der Waals surface area contributed by atoms with Crippen molar-refractivity contribution in [3.8, 4) is 0 Å². The SMILES string of the molecule is NC1=NC(=O)N(CC2CC2)C1c1ccc(F)cc1Br. The molecule has 1 atom stereocenters. The second kappa shape index (κ2) is 4.59. The van der Waals surface area contributed by atoms with E-state index < -0.39 is 0 Å². The molecule has 1 fully saturated rings. The highest BCUT2D eigenvalue weighted by Crippen LogP contribution is 2.37. The number of carbonyl (C=O) groups is 1. The number of hydrogen-bond donors (Lipinski definition) is 1. The molecule has 3 rings (SSSR count).